The van der Waals surface area contributed by atoms with Gasteiger partial charge in [-0.1, -0.05) is 12.2 Å². The van der Waals surface area contributed by atoms with Crippen molar-refractivity contribution in [2.75, 3.05) is 21.3 Å². The summed E-state index contributed by atoms with van der Waals surface area (Å²) in [6, 6.07) is 1.61. The zero-order valence-electron chi connectivity index (χ0n) is 14.6. The summed E-state index contributed by atoms with van der Waals surface area (Å²) in [6.07, 6.45) is 5.03. The van der Waals surface area contributed by atoms with Crippen molar-refractivity contribution < 1.29 is 28.9 Å². The zero-order chi connectivity index (χ0) is 18.1. The first-order valence-corrected chi connectivity index (χ1v) is 8.25. The maximum atomic E-state index is 12.9. The number of ketones is 1. The van der Waals surface area contributed by atoms with E-state index in [4.69, 9.17) is 14.2 Å². The summed E-state index contributed by atoms with van der Waals surface area (Å²) >= 11 is 0. The lowest BCUT2D eigenvalue weighted by Crippen LogP contribution is -2.33. The van der Waals surface area contributed by atoms with Gasteiger partial charge < -0.3 is 19.3 Å². The SMILES string of the molecule is COC(=O)CC1CC(=O)C2c3c(OC)cc(OC)c(O)c3C=CC2C1. The average molecular weight is 346 g/mol. The van der Waals surface area contributed by atoms with Gasteiger partial charge in [-0.3, -0.25) is 9.59 Å². The van der Waals surface area contributed by atoms with Crippen molar-refractivity contribution in [2.45, 2.75) is 25.2 Å². The van der Waals surface area contributed by atoms with Crippen molar-refractivity contribution in [3.63, 3.8) is 0 Å². The van der Waals surface area contributed by atoms with Crippen molar-refractivity contribution in [2.24, 2.45) is 11.8 Å². The number of carbonyl (C=O) groups is 2. The molecule has 0 saturated heterocycles. The van der Waals surface area contributed by atoms with Crippen LogP contribution in [0.25, 0.3) is 6.08 Å². The molecule has 25 heavy (non-hydrogen) atoms. The number of allylic oxidation sites excluding steroid dienone is 1. The fourth-order valence-corrected chi connectivity index (χ4v) is 3.99. The van der Waals surface area contributed by atoms with Crippen LogP contribution in [0.1, 0.15) is 36.3 Å². The van der Waals surface area contributed by atoms with E-state index >= 15 is 0 Å². The maximum absolute atomic E-state index is 12.9. The number of hydrogen-bond donors (Lipinski definition) is 1. The van der Waals surface area contributed by atoms with Gasteiger partial charge in [0.15, 0.2) is 11.5 Å². The molecule has 0 aliphatic heterocycles. The second-order valence-corrected chi connectivity index (χ2v) is 6.51. The number of aromatic hydroxyl groups is 1. The van der Waals surface area contributed by atoms with Gasteiger partial charge in [-0.15, -0.1) is 0 Å². The highest BCUT2D eigenvalue weighted by Gasteiger charge is 2.42. The maximum Gasteiger partial charge on any atom is 0.305 e. The van der Waals surface area contributed by atoms with E-state index in [-0.39, 0.29) is 41.7 Å². The normalized spacial score (nSPS) is 24.3. The van der Waals surface area contributed by atoms with E-state index in [1.807, 2.05) is 12.2 Å². The molecule has 3 atom stereocenters. The molecule has 2 aliphatic carbocycles. The molecule has 1 saturated carbocycles. The highest BCUT2D eigenvalue weighted by molar-refractivity contribution is 5.92. The standard InChI is InChI=1S/C19H22O6/c1-23-14-9-15(24-2)19(22)12-5-4-11-6-10(8-16(21)25-3)7-13(20)17(11)18(12)14/h4-5,9-11,17,22H,6-8H2,1-3H3. The molecule has 1 N–H and O–H groups in total. The monoisotopic (exact) mass is 346 g/mol. The summed E-state index contributed by atoms with van der Waals surface area (Å²) in [5.41, 5.74) is 1.27. The van der Waals surface area contributed by atoms with Crippen LogP contribution in [0.2, 0.25) is 0 Å². The van der Waals surface area contributed by atoms with Crippen molar-refractivity contribution in [1.29, 1.82) is 0 Å². The number of phenols is 1. The molecule has 1 aromatic carbocycles. The molecule has 6 heteroatoms. The first-order chi connectivity index (χ1) is 12.0. The number of rotatable bonds is 4. The van der Waals surface area contributed by atoms with E-state index in [1.165, 1.54) is 21.3 Å². The van der Waals surface area contributed by atoms with E-state index in [1.54, 1.807) is 6.07 Å². The second-order valence-electron chi connectivity index (χ2n) is 6.51. The molecule has 0 aromatic heterocycles. The summed E-state index contributed by atoms with van der Waals surface area (Å²) in [5, 5.41) is 10.4. The van der Waals surface area contributed by atoms with Crippen LogP contribution >= 0.6 is 0 Å². The van der Waals surface area contributed by atoms with Crippen LogP contribution in [0.5, 0.6) is 17.2 Å². The van der Waals surface area contributed by atoms with E-state index in [0.29, 0.717) is 29.0 Å². The Morgan fingerprint density at radius 1 is 1.24 bits per heavy atom. The molecule has 2 aliphatic rings. The summed E-state index contributed by atoms with van der Waals surface area (Å²) in [5.74, 6) is 0.192. The van der Waals surface area contributed by atoms with Crippen molar-refractivity contribution in [3.05, 3.63) is 23.3 Å². The molecular weight excluding hydrogens is 324 g/mol. The number of benzene rings is 1. The Balaban J connectivity index is 1.99. The fourth-order valence-electron chi connectivity index (χ4n) is 3.99. The van der Waals surface area contributed by atoms with Crippen LogP contribution in [0, 0.1) is 11.8 Å². The summed E-state index contributed by atoms with van der Waals surface area (Å²) in [7, 11) is 4.36. The number of methoxy groups -OCH3 is 3. The summed E-state index contributed by atoms with van der Waals surface area (Å²) < 4.78 is 15.4. The number of fused-ring (bicyclic) bond motifs is 3. The lowest BCUT2D eigenvalue weighted by molar-refractivity contribution is -0.142. The Morgan fingerprint density at radius 3 is 2.60 bits per heavy atom. The Kier molecular flexibility index (Phi) is 4.70. The number of Topliss-reactive ketones (excluding diaryl/α,β-unsaturated/α-hetero) is 1. The first kappa shape index (κ1) is 17.3. The van der Waals surface area contributed by atoms with E-state index in [2.05, 4.69) is 0 Å². The molecule has 0 amide bonds. The quantitative estimate of drug-likeness (QED) is 0.844. The van der Waals surface area contributed by atoms with Gasteiger partial charge in [0.05, 0.1) is 27.2 Å². The van der Waals surface area contributed by atoms with Crippen molar-refractivity contribution in [3.8, 4) is 17.2 Å². The van der Waals surface area contributed by atoms with Gasteiger partial charge in [0, 0.05) is 30.0 Å². The Labute approximate surface area is 146 Å². The molecule has 1 aromatic rings. The third-order valence-corrected chi connectivity index (χ3v) is 5.12. The lowest BCUT2D eigenvalue weighted by atomic mass is 9.66. The van der Waals surface area contributed by atoms with Crippen LogP contribution in [0.3, 0.4) is 0 Å². The van der Waals surface area contributed by atoms with E-state index < -0.39 is 0 Å². The average Bonchev–Trinajstić information content (AvgIpc) is 2.61. The van der Waals surface area contributed by atoms with Gasteiger partial charge in [-0.25, -0.2) is 0 Å². The Bertz CT molecular complexity index is 736. The Hall–Kier alpha value is -2.50. The molecule has 6 nitrogen and oxygen atoms in total. The molecular formula is C19H22O6. The Morgan fingerprint density at radius 2 is 1.96 bits per heavy atom. The molecule has 0 heterocycles. The number of hydrogen-bond acceptors (Lipinski definition) is 6. The topological polar surface area (TPSA) is 82.1 Å². The van der Waals surface area contributed by atoms with Crippen LogP contribution < -0.4 is 9.47 Å². The van der Waals surface area contributed by atoms with E-state index in [9.17, 15) is 14.7 Å². The fraction of sp³-hybridized carbons (Fsp3) is 0.474. The molecule has 0 bridgehead atoms. The molecule has 1 fully saturated rings. The first-order valence-electron chi connectivity index (χ1n) is 8.25. The van der Waals surface area contributed by atoms with Gasteiger partial charge in [0.1, 0.15) is 11.5 Å². The lowest BCUT2D eigenvalue weighted by Gasteiger charge is -2.37. The minimum absolute atomic E-state index is 0.0116. The van der Waals surface area contributed by atoms with Crippen LogP contribution in [-0.2, 0) is 14.3 Å². The van der Waals surface area contributed by atoms with Crippen LogP contribution in [0.15, 0.2) is 12.1 Å². The van der Waals surface area contributed by atoms with Crippen molar-refractivity contribution in [1.82, 2.24) is 0 Å². The van der Waals surface area contributed by atoms with E-state index in [0.717, 1.165) is 6.42 Å². The minimum Gasteiger partial charge on any atom is -0.504 e. The highest BCUT2D eigenvalue weighted by atomic mass is 16.5. The van der Waals surface area contributed by atoms with Gasteiger partial charge in [-0.05, 0) is 18.3 Å². The third kappa shape index (κ3) is 2.97. The van der Waals surface area contributed by atoms with Crippen LogP contribution in [0.4, 0.5) is 0 Å². The van der Waals surface area contributed by atoms with Gasteiger partial charge in [-0.2, -0.15) is 0 Å². The smallest absolute Gasteiger partial charge is 0.305 e. The molecule has 134 valence electrons. The van der Waals surface area contributed by atoms with Gasteiger partial charge in [0.25, 0.3) is 0 Å². The molecule has 0 spiro atoms. The third-order valence-electron chi connectivity index (χ3n) is 5.12. The second kappa shape index (κ2) is 6.78. The highest BCUT2D eigenvalue weighted by Crippen LogP contribution is 2.51. The predicted octanol–water partition coefficient (Wildman–Crippen LogP) is 2.68. The minimum atomic E-state index is -0.374. The van der Waals surface area contributed by atoms with Gasteiger partial charge in [0.2, 0.25) is 0 Å². The van der Waals surface area contributed by atoms with Crippen LogP contribution in [-0.4, -0.2) is 38.2 Å². The summed E-state index contributed by atoms with van der Waals surface area (Å²) in [6.45, 7) is 0. The number of ether oxygens (including phenoxy) is 3. The van der Waals surface area contributed by atoms with Crippen molar-refractivity contribution >= 4 is 17.8 Å². The molecule has 3 rings (SSSR count). The predicted molar refractivity (Wildman–Crippen MR) is 90.8 cm³/mol. The van der Waals surface area contributed by atoms with Gasteiger partial charge >= 0.3 is 5.97 Å². The zero-order valence-corrected chi connectivity index (χ0v) is 14.6. The number of esters is 1. The number of phenolic OH excluding ortho intramolecular Hbond substituents is 1. The molecule has 3 unspecified atom stereocenters. The summed E-state index contributed by atoms with van der Waals surface area (Å²) in [4.78, 5) is 24.4. The largest absolute Gasteiger partial charge is 0.504 e. The molecule has 0 radical (unpaired) electrons. The number of carbonyl (C=O) groups excluding carboxylic acids is 2.